The van der Waals surface area contributed by atoms with Gasteiger partial charge in [-0.2, -0.15) is 4.31 Å². The Morgan fingerprint density at radius 1 is 1.10 bits per heavy atom. The van der Waals surface area contributed by atoms with Gasteiger partial charge in [0.15, 0.2) is 6.61 Å². The fourth-order valence-electron chi connectivity index (χ4n) is 3.58. The minimum atomic E-state index is -3.68. The Balaban J connectivity index is 1.71. The van der Waals surface area contributed by atoms with Crippen LogP contribution in [0.5, 0.6) is 5.75 Å². The molecule has 1 amide bonds. The van der Waals surface area contributed by atoms with E-state index in [4.69, 9.17) is 16.3 Å². The van der Waals surface area contributed by atoms with Crippen molar-refractivity contribution in [2.75, 3.05) is 25.0 Å². The Kier molecular flexibility index (Phi) is 6.51. The molecule has 8 heteroatoms. The maximum Gasteiger partial charge on any atom is 0.262 e. The predicted octanol–water partition coefficient (Wildman–Crippen LogP) is 4.07. The van der Waals surface area contributed by atoms with E-state index in [1.165, 1.54) is 16.4 Å². The summed E-state index contributed by atoms with van der Waals surface area (Å²) in [6.45, 7) is 6.66. The number of halogens is 1. The number of carbonyl (C=O) groups is 1. The third-order valence-corrected chi connectivity index (χ3v) is 7.23. The molecule has 1 heterocycles. The summed E-state index contributed by atoms with van der Waals surface area (Å²) < 4.78 is 32.7. The predicted molar refractivity (Wildman–Crippen MR) is 114 cm³/mol. The van der Waals surface area contributed by atoms with Gasteiger partial charge in [0.1, 0.15) is 10.6 Å². The highest BCUT2D eigenvalue weighted by atomic mass is 35.5. The van der Waals surface area contributed by atoms with Crippen molar-refractivity contribution in [1.29, 1.82) is 0 Å². The maximum atomic E-state index is 12.8. The van der Waals surface area contributed by atoms with Crippen LogP contribution in [0.15, 0.2) is 35.2 Å². The molecule has 0 saturated carbocycles. The number of sulfonamides is 1. The third kappa shape index (κ3) is 4.91. The molecule has 0 spiro atoms. The SMILES string of the molecule is Cc1cc(C)c(OCC(=O)Nc2ccc(Cl)c(S(=O)(=O)N3CCCC3)c2)c(C)c1. The van der Waals surface area contributed by atoms with Crippen LogP contribution in [0.2, 0.25) is 5.02 Å². The van der Waals surface area contributed by atoms with E-state index in [9.17, 15) is 13.2 Å². The largest absolute Gasteiger partial charge is 0.483 e. The minimum Gasteiger partial charge on any atom is -0.483 e. The molecule has 1 aliphatic rings. The van der Waals surface area contributed by atoms with E-state index in [0.29, 0.717) is 24.5 Å². The summed E-state index contributed by atoms with van der Waals surface area (Å²) in [6, 6.07) is 8.45. The summed E-state index contributed by atoms with van der Waals surface area (Å²) in [5, 5.41) is 2.82. The van der Waals surface area contributed by atoms with Crippen LogP contribution >= 0.6 is 11.6 Å². The van der Waals surface area contributed by atoms with E-state index in [1.807, 2.05) is 32.9 Å². The number of benzene rings is 2. The van der Waals surface area contributed by atoms with Crippen LogP contribution < -0.4 is 10.1 Å². The highest BCUT2D eigenvalue weighted by molar-refractivity contribution is 7.89. The molecule has 0 bridgehead atoms. The van der Waals surface area contributed by atoms with Crippen molar-refractivity contribution in [3.8, 4) is 5.75 Å². The quantitative estimate of drug-likeness (QED) is 0.740. The Labute approximate surface area is 176 Å². The Morgan fingerprint density at radius 2 is 1.72 bits per heavy atom. The van der Waals surface area contributed by atoms with Gasteiger partial charge in [-0.3, -0.25) is 4.79 Å². The Bertz CT molecular complexity index is 1010. The molecule has 1 fully saturated rings. The van der Waals surface area contributed by atoms with Crippen LogP contribution in [0.1, 0.15) is 29.5 Å². The smallest absolute Gasteiger partial charge is 0.262 e. The van der Waals surface area contributed by atoms with Crippen LogP contribution in [-0.4, -0.2) is 38.3 Å². The van der Waals surface area contributed by atoms with Gasteiger partial charge in [-0.1, -0.05) is 29.3 Å². The van der Waals surface area contributed by atoms with Crippen molar-refractivity contribution in [3.63, 3.8) is 0 Å². The average molecular weight is 437 g/mol. The summed E-state index contributed by atoms with van der Waals surface area (Å²) >= 11 is 6.14. The number of nitrogens with one attached hydrogen (secondary N) is 1. The molecule has 156 valence electrons. The lowest BCUT2D eigenvalue weighted by atomic mass is 10.1. The van der Waals surface area contributed by atoms with Gasteiger partial charge < -0.3 is 10.1 Å². The van der Waals surface area contributed by atoms with E-state index in [2.05, 4.69) is 5.32 Å². The number of hydrogen-bond donors (Lipinski definition) is 1. The zero-order chi connectivity index (χ0) is 21.2. The monoisotopic (exact) mass is 436 g/mol. The summed E-state index contributed by atoms with van der Waals surface area (Å²) in [5.74, 6) is 0.301. The summed E-state index contributed by atoms with van der Waals surface area (Å²) in [7, 11) is -3.68. The number of anilines is 1. The number of amides is 1. The second-order valence-corrected chi connectivity index (χ2v) is 9.63. The lowest BCUT2D eigenvalue weighted by Gasteiger charge is -2.17. The van der Waals surface area contributed by atoms with Gasteiger partial charge in [0, 0.05) is 18.8 Å². The average Bonchev–Trinajstić information content (AvgIpc) is 3.18. The van der Waals surface area contributed by atoms with Gasteiger partial charge in [0.2, 0.25) is 10.0 Å². The highest BCUT2D eigenvalue weighted by Gasteiger charge is 2.29. The Morgan fingerprint density at radius 3 is 2.34 bits per heavy atom. The summed E-state index contributed by atoms with van der Waals surface area (Å²) in [5.41, 5.74) is 3.41. The van der Waals surface area contributed by atoms with E-state index in [-0.39, 0.29) is 22.4 Å². The molecule has 0 radical (unpaired) electrons. The molecular weight excluding hydrogens is 412 g/mol. The standard InChI is InChI=1S/C21H25ClN2O4S/c1-14-10-15(2)21(16(3)11-14)28-13-20(25)23-17-6-7-18(22)19(12-17)29(26,27)24-8-4-5-9-24/h6-7,10-12H,4-5,8-9,13H2,1-3H3,(H,23,25). The minimum absolute atomic E-state index is 0.00464. The molecule has 1 aliphatic heterocycles. The van der Waals surface area contributed by atoms with Crippen molar-refractivity contribution in [2.45, 2.75) is 38.5 Å². The number of ether oxygens (including phenoxy) is 1. The lowest BCUT2D eigenvalue weighted by Crippen LogP contribution is -2.28. The molecule has 1 N–H and O–H groups in total. The molecule has 1 saturated heterocycles. The molecule has 0 aromatic heterocycles. The van der Waals surface area contributed by atoms with Crippen molar-refractivity contribution in [2.24, 2.45) is 0 Å². The first kappa shape index (κ1) is 21.6. The number of nitrogens with zero attached hydrogens (tertiary/aromatic N) is 1. The molecule has 0 unspecified atom stereocenters. The number of rotatable bonds is 6. The molecule has 0 aliphatic carbocycles. The second-order valence-electron chi connectivity index (χ2n) is 7.32. The van der Waals surface area contributed by atoms with Crippen molar-refractivity contribution < 1.29 is 17.9 Å². The van der Waals surface area contributed by atoms with Gasteiger partial charge in [0.25, 0.3) is 5.91 Å². The van der Waals surface area contributed by atoms with Gasteiger partial charge in [-0.25, -0.2) is 8.42 Å². The van der Waals surface area contributed by atoms with E-state index < -0.39 is 10.0 Å². The normalized spacial score (nSPS) is 14.8. The fraction of sp³-hybridized carbons (Fsp3) is 0.381. The van der Waals surface area contributed by atoms with Crippen molar-refractivity contribution >= 4 is 33.2 Å². The van der Waals surface area contributed by atoms with Gasteiger partial charge >= 0.3 is 0 Å². The zero-order valence-electron chi connectivity index (χ0n) is 16.8. The summed E-state index contributed by atoms with van der Waals surface area (Å²) in [6.07, 6.45) is 1.67. The lowest BCUT2D eigenvalue weighted by molar-refractivity contribution is -0.118. The van der Waals surface area contributed by atoms with E-state index in [1.54, 1.807) is 6.07 Å². The number of hydrogen-bond acceptors (Lipinski definition) is 4. The second kappa shape index (κ2) is 8.73. The van der Waals surface area contributed by atoms with Crippen LogP contribution in [0.4, 0.5) is 5.69 Å². The first-order chi connectivity index (χ1) is 13.7. The molecular formula is C21H25ClN2O4S. The zero-order valence-corrected chi connectivity index (χ0v) is 18.4. The van der Waals surface area contributed by atoms with Gasteiger partial charge in [0.05, 0.1) is 5.02 Å². The van der Waals surface area contributed by atoms with Crippen molar-refractivity contribution in [3.05, 3.63) is 52.0 Å². The van der Waals surface area contributed by atoms with E-state index >= 15 is 0 Å². The maximum absolute atomic E-state index is 12.8. The first-order valence-electron chi connectivity index (χ1n) is 9.48. The van der Waals surface area contributed by atoms with Crippen molar-refractivity contribution in [1.82, 2.24) is 4.31 Å². The third-order valence-electron chi connectivity index (χ3n) is 4.85. The molecule has 2 aromatic rings. The van der Waals surface area contributed by atoms with Gasteiger partial charge in [-0.15, -0.1) is 0 Å². The van der Waals surface area contributed by atoms with Crippen LogP contribution in [0.25, 0.3) is 0 Å². The molecule has 3 rings (SSSR count). The van der Waals surface area contributed by atoms with Crippen LogP contribution in [0, 0.1) is 20.8 Å². The Hall–Kier alpha value is -2.09. The number of carbonyl (C=O) groups excluding carboxylic acids is 1. The molecule has 29 heavy (non-hydrogen) atoms. The molecule has 6 nitrogen and oxygen atoms in total. The first-order valence-corrected chi connectivity index (χ1v) is 11.3. The molecule has 0 atom stereocenters. The summed E-state index contributed by atoms with van der Waals surface area (Å²) in [4.78, 5) is 12.4. The van der Waals surface area contributed by atoms with E-state index in [0.717, 1.165) is 29.5 Å². The fourth-order valence-corrected chi connectivity index (χ4v) is 5.59. The van der Waals surface area contributed by atoms with Crippen LogP contribution in [0.3, 0.4) is 0 Å². The topological polar surface area (TPSA) is 75.7 Å². The number of aryl methyl sites for hydroxylation is 3. The van der Waals surface area contributed by atoms with Crippen LogP contribution in [-0.2, 0) is 14.8 Å². The highest BCUT2D eigenvalue weighted by Crippen LogP contribution is 2.30. The molecule has 2 aromatic carbocycles. The van der Waals surface area contributed by atoms with Gasteiger partial charge in [-0.05, 0) is 62.9 Å².